The number of rotatable bonds is 9. The van der Waals surface area contributed by atoms with Crippen LogP contribution in [0, 0.1) is 0 Å². The molecule has 0 saturated heterocycles. The van der Waals surface area contributed by atoms with E-state index in [1.54, 1.807) is 0 Å². The second kappa shape index (κ2) is 9.39. The van der Waals surface area contributed by atoms with Crippen LogP contribution < -0.4 is 10.6 Å². The van der Waals surface area contributed by atoms with Crippen LogP contribution in [0.25, 0.3) is 0 Å². The lowest BCUT2D eigenvalue weighted by Gasteiger charge is -2.26. The third kappa shape index (κ3) is 5.63. The molecule has 2 nitrogen and oxygen atoms in total. The molecule has 2 aromatic carbocycles. The molecule has 0 fully saturated rings. The van der Waals surface area contributed by atoms with E-state index in [1.807, 2.05) is 0 Å². The Morgan fingerprint density at radius 2 is 1.27 bits per heavy atom. The van der Waals surface area contributed by atoms with Gasteiger partial charge < -0.3 is 10.6 Å². The van der Waals surface area contributed by atoms with Gasteiger partial charge in [0.1, 0.15) is 0 Å². The maximum atomic E-state index is 3.71. The zero-order valence-electron chi connectivity index (χ0n) is 13.8. The van der Waals surface area contributed by atoms with Crippen molar-refractivity contribution in [3.8, 4) is 0 Å². The minimum atomic E-state index is 0.448. The number of nitrogens with one attached hydrogen (secondary N) is 2. The summed E-state index contributed by atoms with van der Waals surface area (Å²) < 4.78 is 0. The molecule has 0 aliphatic rings. The molecule has 0 radical (unpaired) electrons. The van der Waals surface area contributed by atoms with Gasteiger partial charge in [-0.25, -0.2) is 0 Å². The summed E-state index contributed by atoms with van der Waals surface area (Å²) in [6.45, 7) is 6.39. The van der Waals surface area contributed by atoms with E-state index in [2.05, 4.69) is 85.1 Å². The number of benzene rings is 2. The Kier molecular flexibility index (Phi) is 7.14. The number of hydrogen-bond acceptors (Lipinski definition) is 2. The van der Waals surface area contributed by atoms with E-state index in [0.29, 0.717) is 12.1 Å². The molecule has 0 aromatic heterocycles. The van der Waals surface area contributed by atoms with Crippen LogP contribution in [-0.4, -0.2) is 12.1 Å². The standard InChI is InChI=1S/C20H28N2/c1-3-10-20(22-16-19-13-8-5-9-14-19)17(2)21-15-18-11-6-4-7-12-18/h4-9,11-14,17,20-22H,3,10,15-16H2,1-2H3. The van der Waals surface area contributed by atoms with E-state index in [9.17, 15) is 0 Å². The molecule has 0 aliphatic carbocycles. The molecule has 0 saturated carbocycles. The van der Waals surface area contributed by atoms with Crippen molar-refractivity contribution in [3.05, 3.63) is 71.8 Å². The molecule has 2 rings (SSSR count). The van der Waals surface area contributed by atoms with Gasteiger partial charge in [0.05, 0.1) is 0 Å². The third-order valence-electron chi connectivity index (χ3n) is 4.09. The maximum absolute atomic E-state index is 3.71. The van der Waals surface area contributed by atoms with E-state index in [-0.39, 0.29) is 0 Å². The summed E-state index contributed by atoms with van der Waals surface area (Å²) in [6, 6.07) is 22.2. The van der Waals surface area contributed by atoms with E-state index in [1.165, 1.54) is 24.0 Å². The molecule has 2 aromatic rings. The Labute approximate surface area is 135 Å². The van der Waals surface area contributed by atoms with Crippen molar-refractivity contribution in [2.75, 3.05) is 0 Å². The Bertz CT molecular complexity index is 510. The first-order valence-electron chi connectivity index (χ1n) is 8.34. The molecule has 0 spiro atoms. The predicted octanol–water partition coefficient (Wildman–Crippen LogP) is 4.12. The predicted molar refractivity (Wildman–Crippen MR) is 94.7 cm³/mol. The van der Waals surface area contributed by atoms with Gasteiger partial charge >= 0.3 is 0 Å². The topological polar surface area (TPSA) is 24.1 Å². The molecule has 0 heterocycles. The average Bonchev–Trinajstić information content (AvgIpc) is 2.58. The van der Waals surface area contributed by atoms with Crippen LogP contribution >= 0.6 is 0 Å². The molecule has 0 bridgehead atoms. The Morgan fingerprint density at radius 1 is 0.773 bits per heavy atom. The molecule has 2 unspecified atom stereocenters. The first-order valence-corrected chi connectivity index (χ1v) is 8.34. The maximum Gasteiger partial charge on any atom is 0.0221 e. The van der Waals surface area contributed by atoms with Crippen LogP contribution in [0.3, 0.4) is 0 Å². The van der Waals surface area contributed by atoms with Crippen molar-refractivity contribution in [3.63, 3.8) is 0 Å². The van der Waals surface area contributed by atoms with Gasteiger partial charge in [-0.05, 0) is 24.5 Å². The Balaban J connectivity index is 1.83. The van der Waals surface area contributed by atoms with Gasteiger partial charge in [-0.15, -0.1) is 0 Å². The van der Waals surface area contributed by atoms with Crippen molar-refractivity contribution in [1.82, 2.24) is 10.6 Å². The smallest absolute Gasteiger partial charge is 0.0221 e. The van der Waals surface area contributed by atoms with Crippen molar-refractivity contribution in [2.45, 2.75) is 51.9 Å². The quantitative estimate of drug-likeness (QED) is 0.727. The monoisotopic (exact) mass is 296 g/mol. The average molecular weight is 296 g/mol. The first-order chi connectivity index (χ1) is 10.8. The second-order valence-electron chi connectivity index (χ2n) is 5.92. The Morgan fingerprint density at radius 3 is 1.77 bits per heavy atom. The molecule has 0 amide bonds. The molecule has 118 valence electrons. The van der Waals surface area contributed by atoms with Crippen molar-refractivity contribution < 1.29 is 0 Å². The largest absolute Gasteiger partial charge is 0.309 e. The molecule has 0 aliphatic heterocycles. The summed E-state index contributed by atoms with van der Waals surface area (Å²) in [4.78, 5) is 0. The van der Waals surface area contributed by atoms with Crippen LogP contribution in [0.1, 0.15) is 37.8 Å². The molecule has 2 atom stereocenters. The van der Waals surface area contributed by atoms with Crippen LogP contribution in [0.2, 0.25) is 0 Å². The lowest BCUT2D eigenvalue weighted by molar-refractivity contribution is 0.363. The van der Waals surface area contributed by atoms with Gasteiger partial charge in [0, 0.05) is 25.2 Å². The molecular weight excluding hydrogens is 268 g/mol. The van der Waals surface area contributed by atoms with Crippen molar-refractivity contribution in [2.24, 2.45) is 0 Å². The van der Waals surface area contributed by atoms with Crippen LogP contribution in [0.5, 0.6) is 0 Å². The van der Waals surface area contributed by atoms with Crippen LogP contribution in [-0.2, 0) is 13.1 Å². The van der Waals surface area contributed by atoms with Gasteiger partial charge in [-0.3, -0.25) is 0 Å². The highest BCUT2D eigenvalue weighted by atomic mass is 15.0. The molecule has 2 N–H and O–H groups in total. The zero-order valence-corrected chi connectivity index (χ0v) is 13.8. The van der Waals surface area contributed by atoms with E-state index in [0.717, 1.165) is 13.1 Å². The SMILES string of the molecule is CCCC(NCc1ccccc1)C(C)NCc1ccccc1. The lowest BCUT2D eigenvalue weighted by atomic mass is 10.0. The van der Waals surface area contributed by atoms with Crippen molar-refractivity contribution in [1.29, 1.82) is 0 Å². The van der Waals surface area contributed by atoms with Gasteiger partial charge in [-0.2, -0.15) is 0 Å². The van der Waals surface area contributed by atoms with Gasteiger partial charge in [0.2, 0.25) is 0 Å². The molecule has 2 heteroatoms. The second-order valence-corrected chi connectivity index (χ2v) is 5.92. The summed E-state index contributed by atoms with van der Waals surface area (Å²) in [5.41, 5.74) is 2.69. The van der Waals surface area contributed by atoms with E-state index < -0.39 is 0 Å². The highest BCUT2D eigenvalue weighted by molar-refractivity contribution is 5.15. The minimum absolute atomic E-state index is 0.448. The zero-order chi connectivity index (χ0) is 15.6. The highest BCUT2D eigenvalue weighted by Crippen LogP contribution is 2.07. The summed E-state index contributed by atoms with van der Waals surface area (Å²) in [7, 11) is 0. The highest BCUT2D eigenvalue weighted by Gasteiger charge is 2.15. The molecule has 22 heavy (non-hydrogen) atoms. The summed E-state index contributed by atoms with van der Waals surface area (Å²) in [6.07, 6.45) is 2.39. The van der Waals surface area contributed by atoms with E-state index in [4.69, 9.17) is 0 Å². The van der Waals surface area contributed by atoms with Crippen molar-refractivity contribution >= 4 is 0 Å². The Hall–Kier alpha value is -1.64. The van der Waals surface area contributed by atoms with E-state index >= 15 is 0 Å². The molecular formula is C20H28N2. The fourth-order valence-corrected chi connectivity index (χ4v) is 2.70. The summed E-state index contributed by atoms with van der Waals surface area (Å²) in [5, 5.41) is 7.37. The normalized spacial score (nSPS) is 13.7. The van der Waals surface area contributed by atoms with Crippen LogP contribution in [0.15, 0.2) is 60.7 Å². The number of hydrogen-bond donors (Lipinski definition) is 2. The third-order valence-corrected chi connectivity index (χ3v) is 4.09. The van der Waals surface area contributed by atoms with Gasteiger partial charge in [-0.1, -0.05) is 74.0 Å². The fraction of sp³-hybridized carbons (Fsp3) is 0.400. The van der Waals surface area contributed by atoms with Crippen LogP contribution in [0.4, 0.5) is 0 Å². The lowest BCUT2D eigenvalue weighted by Crippen LogP contribution is -2.45. The minimum Gasteiger partial charge on any atom is -0.309 e. The fourth-order valence-electron chi connectivity index (χ4n) is 2.70. The first kappa shape index (κ1) is 16.7. The van der Waals surface area contributed by atoms with Gasteiger partial charge in [0.15, 0.2) is 0 Å². The summed E-state index contributed by atoms with van der Waals surface area (Å²) >= 11 is 0. The van der Waals surface area contributed by atoms with Gasteiger partial charge in [0.25, 0.3) is 0 Å². The summed E-state index contributed by atoms with van der Waals surface area (Å²) in [5.74, 6) is 0.